The highest BCUT2D eigenvalue weighted by Crippen LogP contribution is 2.27. The van der Waals surface area contributed by atoms with Crippen LogP contribution >= 0.6 is 11.3 Å². The normalized spacial score (nSPS) is 14.2. The van der Waals surface area contributed by atoms with Crippen LogP contribution in [0, 0.1) is 0 Å². The molecule has 3 heterocycles. The van der Waals surface area contributed by atoms with Crippen LogP contribution in [0.2, 0.25) is 0 Å². The smallest absolute Gasteiger partial charge is 0.278 e. The molecular formula is C26H34N6O5S2. The van der Waals surface area contributed by atoms with Crippen LogP contribution in [0.4, 0.5) is 5.13 Å². The van der Waals surface area contributed by atoms with Crippen LogP contribution < -0.4 is 15.4 Å². The molecule has 3 aromatic rings. The van der Waals surface area contributed by atoms with Gasteiger partial charge in [-0.15, -0.1) is 0 Å². The van der Waals surface area contributed by atoms with Crippen LogP contribution in [-0.4, -0.2) is 87.8 Å². The van der Waals surface area contributed by atoms with Crippen molar-refractivity contribution >= 4 is 48.3 Å². The van der Waals surface area contributed by atoms with E-state index < -0.39 is 15.7 Å². The second-order valence-corrected chi connectivity index (χ2v) is 12.1. The molecule has 39 heavy (non-hydrogen) atoms. The number of methoxy groups -OCH3 is 1. The highest BCUT2D eigenvalue weighted by molar-refractivity contribution is 7.91. The number of carbonyl (C=O) groups excluding carboxylic acids is 1. The molecule has 0 spiro atoms. The lowest BCUT2D eigenvalue weighted by molar-refractivity contribution is -0.110. The average molecular weight is 575 g/mol. The highest BCUT2D eigenvalue weighted by atomic mass is 32.2. The number of hydrogen-bond donors (Lipinski definition) is 2. The summed E-state index contributed by atoms with van der Waals surface area (Å²) in [7, 11) is -0.0207. The maximum atomic E-state index is 13.4. The zero-order valence-corrected chi connectivity index (χ0v) is 23.8. The van der Waals surface area contributed by atoms with Gasteiger partial charge in [0.05, 0.1) is 17.3 Å². The minimum Gasteiger partial charge on any atom is -0.478 e. The van der Waals surface area contributed by atoms with Crippen molar-refractivity contribution in [3.05, 3.63) is 42.0 Å². The molecule has 0 unspecified atom stereocenters. The first-order valence-corrected chi connectivity index (χ1v) is 15.4. The lowest BCUT2D eigenvalue weighted by Gasteiger charge is -2.14. The predicted octanol–water partition coefficient (Wildman–Crippen LogP) is 2.93. The van der Waals surface area contributed by atoms with Crippen LogP contribution in [0.3, 0.4) is 0 Å². The first-order chi connectivity index (χ1) is 18.9. The number of carbonyl (C=O) groups is 1. The number of aromatic nitrogens is 2. The standard InChI is InChI=1S/C26H34N6O5S2/c1-27-13-5-17-37-22-12-11-21-25(29-22)38-26(28-21)30-24(33)23(31-32-14-3-4-15-32)19-7-9-20(10-8-19)39(34,35)18-6-16-36-2/h7-12,27H,3-6,13-18H2,1-2H3,(H,28,30,33)/b31-23+. The van der Waals surface area contributed by atoms with Gasteiger partial charge in [0.1, 0.15) is 10.3 Å². The number of nitrogens with one attached hydrogen (secondary N) is 2. The number of rotatable bonds is 14. The topological polar surface area (TPSA) is 135 Å². The lowest BCUT2D eigenvalue weighted by Crippen LogP contribution is -2.27. The molecule has 0 radical (unpaired) electrons. The average Bonchev–Trinajstić information content (AvgIpc) is 3.59. The maximum absolute atomic E-state index is 13.4. The fraction of sp³-hybridized carbons (Fsp3) is 0.462. The van der Waals surface area contributed by atoms with E-state index in [1.807, 2.05) is 18.1 Å². The summed E-state index contributed by atoms with van der Waals surface area (Å²) in [6.07, 6.45) is 3.27. The minimum atomic E-state index is -3.45. The molecule has 1 amide bonds. The van der Waals surface area contributed by atoms with E-state index in [9.17, 15) is 13.2 Å². The molecule has 0 saturated carbocycles. The van der Waals surface area contributed by atoms with E-state index in [4.69, 9.17) is 9.47 Å². The number of nitrogens with zero attached hydrogens (tertiary/aromatic N) is 4. The third-order valence-corrected chi connectivity index (χ3v) is 8.76. The number of ether oxygens (including phenoxy) is 2. The predicted molar refractivity (Wildman–Crippen MR) is 152 cm³/mol. The Morgan fingerprint density at radius 2 is 1.85 bits per heavy atom. The summed E-state index contributed by atoms with van der Waals surface area (Å²) >= 11 is 1.25. The third-order valence-electron chi connectivity index (χ3n) is 6.06. The molecule has 13 heteroatoms. The zero-order valence-electron chi connectivity index (χ0n) is 22.2. The van der Waals surface area contributed by atoms with Gasteiger partial charge in [-0.3, -0.25) is 15.1 Å². The van der Waals surface area contributed by atoms with Crippen LogP contribution in [0.5, 0.6) is 5.88 Å². The van der Waals surface area contributed by atoms with Gasteiger partial charge < -0.3 is 14.8 Å². The van der Waals surface area contributed by atoms with Crippen molar-refractivity contribution in [2.75, 3.05) is 58.1 Å². The first-order valence-electron chi connectivity index (χ1n) is 12.9. The number of sulfone groups is 1. The molecule has 0 atom stereocenters. The largest absolute Gasteiger partial charge is 0.478 e. The number of hydrogen-bond acceptors (Lipinski definition) is 11. The summed E-state index contributed by atoms with van der Waals surface area (Å²) in [6, 6.07) is 9.85. The molecule has 210 valence electrons. The number of anilines is 1. The Balaban J connectivity index is 1.51. The van der Waals surface area contributed by atoms with E-state index in [-0.39, 0.29) is 16.4 Å². The van der Waals surface area contributed by atoms with Gasteiger partial charge >= 0.3 is 0 Å². The summed E-state index contributed by atoms with van der Waals surface area (Å²) in [5.74, 6) is 0.0675. The van der Waals surface area contributed by atoms with Crippen molar-refractivity contribution < 1.29 is 22.7 Å². The van der Waals surface area contributed by atoms with Crippen molar-refractivity contribution in [2.45, 2.75) is 30.6 Å². The van der Waals surface area contributed by atoms with Crippen LogP contribution in [-0.2, 0) is 19.4 Å². The second-order valence-electron chi connectivity index (χ2n) is 9.05. The van der Waals surface area contributed by atoms with E-state index in [0.29, 0.717) is 46.6 Å². The quantitative estimate of drug-likeness (QED) is 0.220. The SMILES string of the molecule is CNCCCOc1ccc2nc(NC(=O)/C(=N/N3CCCC3)c3ccc(S(=O)(=O)CCCOC)cc3)sc2n1. The molecule has 11 nitrogen and oxygen atoms in total. The van der Waals surface area contributed by atoms with Gasteiger partial charge in [-0.2, -0.15) is 5.10 Å². The lowest BCUT2D eigenvalue weighted by atomic mass is 10.1. The molecule has 2 aromatic heterocycles. The van der Waals surface area contributed by atoms with E-state index in [1.54, 1.807) is 18.2 Å². The molecule has 4 rings (SSSR count). The number of benzene rings is 1. The molecule has 2 N–H and O–H groups in total. The van der Waals surface area contributed by atoms with Crippen molar-refractivity contribution in [3.63, 3.8) is 0 Å². The van der Waals surface area contributed by atoms with Crippen molar-refractivity contribution in [2.24, 2.45) is 5.10 Å². The first kappa shape index (κ1) is 28.9. The summed E-state index contributed by atoms with van der Waals surface area (Å²) in [4.78, 5) is 23.3. The molecule has 0 aliphatic carbocycles. The Morgan fingerprint density at radius 1 is 1.08 bits per heavy atom. The van der Waals surface area contributed by atoms with Gasteiger partial charge in [-0.25, -0.2) is 18.4 Å². The Bertz CT molecular complexity index is 1390. The Hall–Kier alpha value is -3.13. The van der Waals surface area contributed by atoms with E-state index in [1.165, 1.54) is 30.6 Å². The van der Waals surface area contributed by atoms with Gasteiger partial charge in [0.15, 0.2) is 20.7 Å². The van der Waals surface area contributed by atoms with Crippen LogP contribution in [0.1, 0.15) is 31.2 Å². The van der Waals surface area contributed by atoms with E-state index >= 15 is 0 Å². The fourth-order valence-electron chi connectivity index (χ4n) is 4.02. The molecule has 1 aromatic carbocycles. The van der Waals surface area contributed by atoms with E-state index in [2.05, 4.69) is 25.7 Å². The molecule has 0 bridgehead atoms. The van der Waals surface area contributed by atoms with E-state index in [0.717, 1.165) is 38.9 Å². The number of amides is 1. The Morgan fingerprint density at radius 3 is 2.56 bits per heavy atom. The molecular weight excluding hydrogens is 540 g/mol. The second kappa shape index (κ2) is 13.8. The molecule has 1 aliphatic heterocycles. The number of fused-ring (bicyclic) bond motifs is 1. The van der Waals surface area contributed by atoms with Crippen LogP contribution in [0.25, 0.3) is 10.3 Å². The number of thiazole rings is 1. The van der Waals surface area contributed by atoms with Crippen molar-refractivity contribution in [1.29, 1.82) is 0 Å². The molecule has 1 saturated heterocycles. The van der Waals surface area contributed by atoms with Gasteiger partial charge in [-0.1, -0.05) is 23.5 Å². The van der Waals surface area contributed by atoms with Crippen molar-refractivity contribution in [3.8, 4) is 5.88 Å². The summed E-state index contributed by atoms with van der Waals surface area (Å²) < 4.78 is 36.0. The fourth-order valence-corrected chi connectivity index (χ4v) is 6.13. The summed E-state index contributed by atoms with van der Waals surface area (Å²) in [6.45, 7) is 3.28. The van der Waals surface area contributed by atoms with Crippen LogP contribution in [0.15, 0.2) is 46.4 Å². The molecule has 1 fully saturated rings. The van der Waals surface area contributed by atoms with Gasteiger partial charge in [-0.05, 0) is 57.5 Å². The Labute approximate surface area is 232 Å². The maximum Gasteiger partial charge on any atom is 0.278 e. The summed E-state index contributed by atoms with van der Waals surface area (Å²) in [5, 5.41) is 12.8. The van der Waals surface area contributed by atoms with Gasteiger partial charge in [0.25, 0.3) is 5.91 Å². The summed E-state index contributed by atoms with van der Waals surface area (Å²) in [5.41, 5.74) is 1.37. The minimum absolute atomic E-state index is 0.0102. The van der Waals surface area contributed by atoms with Gasteiger partial charge in [0.2, 0.25) is 5.88 Å². The number of hydrazone groups is 1. The zero-order chi connectivity index (χ0) is 27.7. The van der Waals surface area contributed by atoms with Gasteiger partial charge in [0, 0.05) is 38.4 Å². The highest BCUT2D eigenvalue weighted by Gasteiger charge is 2.21. The Kier molecular flexibility index (Phi) is 10.2. The third kappa shape index (κ3) is 7.94. The number of pyridine rings is 1. The monoisotopic (exact) mass is 574 g/mol. The van der Waals surface area contributed by atoms with Crippen molar-refractivity contribution in [1.82, 2.24) is 20.3 Å². The molecule has 1 aliphatic rings.